The quantitative estimate of drug-likeness (QED) is 0.593. The Bertz CT molecular complexity index is 1280. The molecule has 3 aliphatic rings. The number of hydrogen-bond acceptors (Lipinski definition) is 5. The van der Waals surface area contributed by atoms with E-state index < -0.39 is 35.4 Å². The molecule has 1 N–H and O–H groups in total. The van der Waals surface area contributed by atoms with Crippen LogP contribution in [0.2, 0.25) is 5.02 Å². The maximum atomic E-state index is 14.2. The Kier molecular flexibility index (Phi) is 6.97. The van der Waals surface area contributed by atoms with Crippen LogP contribution in [-0.4, -0.2) is 60.6 Å². The monoisotopic (exact) mass is 550 g/mol. The number of rotatable bonds is 5. The standard InChI is InChI=1S/C26H26ClF3N4O4/c1-38-25(37)33-12-26(13-33)19-7-4-16(28)9-20(19)34(24(26)36)11-14-2-5-17(6-3-14)32-23(35)18-8-15(27)10-31-21(18)22(29)30/h4,7-10,14,17,22H,2-3,5-6,11-13H2,1H3,(H,32,35)/t14-,17-. The molecule has 1 aromatic carbocycles. The number of amides is 3. The number of hydrogen-bond donors (Lipinski definition) is 1. The van der Waals surface area contributed by atoms with Crippen LogP contribution in [0.15, 0.2) is 30.5 Å². The molecule has 1 aliphatic carbocycles. The Morgan fingerprint density at radius 1 is 1.21 bits per heavy atom. The number of nitrogens with one attached hydrogen (secondary N) is 1. The van der Waals surface area contributed by atoms with Crippen LogP contribution in [0.25, 0.3) is 0 Å². The van der Waals surface area contributed by atoms with Gasteiger partial charge in [-0.05, 0) is 55.4 Å². The molecule has 12 heteroatoms. The van der Waals surface area contributed by atoms with E-state index in [0.29, 0.717) is 43.5 Å². The third-order valence-electron chi connectivity index (χ3n) is 7.73. The highest BCUT2D eigenvalue weighted by Gasteiger charge is 2.59. The van der Waals surface area contributed by atoms with Crippen molar-refractivity contribution in [3.8, 4) is 0 Å². The fourth-order valence-corrected chi connectivity index (χ4v) is 5.94. The van der Waals surface area contributed by atoms with Gasteiger partial charge in [0.15, 0.2) is 0 Å². The van der Waals surface area contributed by atoms with Crippen LogP contribution >= 0.6 is 11.6 Å². The van der Waals surface area contributed by atoms with E-state index in [4.69, 9.17) is 16.3 Å². The second kappa shape index (κ2) is 10.1. The van der Waals surface area contributed by atoms with Crippen LogP contribution in [-0.2, 0) is 14.9 Å². The highest BCUT2D eigenvalue weighted by molar-refractivity contribution is 6.30. The summed E-state index contributed by atoms with van der Waals surface area (Å²) in [6.07, 6.45) is 0.191. The van der Waals surface area contributed by atoms with Crippen molar-refractivity contribution in [2.45, 2.75) is 43.6 Å². The molecule has 2 aliphatic heterocycles. The summed E-state index contributed by atoms with van der Waals surface area (Å²) in [6.45, 7) is 0.723. The van der Waals surface area contributed by atoms with E-state index in [1.165, 1.54) is 30.2 Å². The van der Waals surface area contributed by atoms with Crippen LogP contribution < -0.4 is 10.2 Å². The maximum absolute atomic E-state index is 14.2. The molecule has 0 atom stereocenters. The van der Waals surface area contributed by atoms with Gasteiger partial charge >= 0.3 is 6.09 Å². The lowest BCUT2D eigenvalue weighted by atomic mass is 9.75. The van der Waals surface area contributed by atoms with Crippen molar-refractivity contribution in [2.24, 2.45) is 5.92 Å². The number of methoxy groups -OCH3 is 1. The molecule has 202 valence electrons. The number of carbonyl (C=O) groups is 3. The summed E-state index contributed by atoms with van der Waals surface area (Å²) in [7, 11) is 1.28. The lowest BCUT2D eigenvalue weighted by molar-refractivity contribution is -0.128. The molecule has 1 spiro atoms. The lowest BCUT2D eigenvalue weighted by Gasteiger charge is -2.45. The van der Waals surface area contributed by atoms with Crippen LogP contribution in [0.5, 0.6) is 0 Å². The van der Waals surface area contributed by atoms with E-state index in [-0.39, 0.29) is 41.5 Å². The summed E-state index contributed by atoms with van der Waals surface area (Å²) >= 11 is 5.86. The molecule has 0 bridgehead atoms. The smallest absolute Gasteiger partial charge is 0.409 e. The fourth-order valence-electron chi connectivity index (χ4n) is 5.78. The second-order valence-corrected chi connectivity index (χ2v) is 10.5. The molecule has 0 unspecified atom stereocenters. The van der Waals surface area contributed by atoms with Crippen molar-refractivity contribution < 1.29 is 32.3 Å². The SMILES string of the molecule is COC(=O)N1CC2(C1)C(=O)N(C[C@H]1CC[C@H](NC(=O)c3cc(Cl)cnc3C(F)F)CC1)c1cc(F)ccc12. The molecular weight excluding hydrogens is 525 g/mol. The number of pyridine rings is 1. The minimum absolute atomic E-state index is 0.0918. The number of ether oxygens (including phenoxy) is 1. The zero-order valence-corrected chi connectivity index (χ0v) is 21.3. The minimum Gasteiger partial charge on any atom is -0.453 e. The Balaban J connectivity index is 1.23. The molecule has 1 aromatic heterocycles. The zero-order chi connectivity index (χ0) is 27.2. The van der Waals surface area contributed by atoms with E-state index in [2.05, 4.69) is 10.3 Å². The number of halogens is 4. The van der Waals surface area contributed by atoms with Gasteiger partial charge in [0.2, 0.25) is 5.91 Å². The summed E-state index contributed by atoms with van der Waals surface area (Å²) in [5, 5.41) is 2.90. The summed E-state index contributed by atoms with van der Waals surface area (Å²) in [6, 6.07) is 5.25. The van der Waals surface area contributed by atoms with Crippen LogP contribution in [0, 0.1) is 11.7 Å². The topological polar surface area (TPSA) is 91.8 Å². The maximum Gasteiger partial charge on any atom is 0.409 e. The molecule has 2 fully saturated rings. The average molecular weight is 551 g/mol. The Morgan fingerprint density at radius 3 is 2.58 bits per heavy atom. The Morgan fingerprint density at radius 2 is 1.92 bits per heavy atom. The number of alkyl halides is 2. The predicted molar refractivity (Wildman–Crippen MR) is 132 cm³/mol. The number of anilines is 1. The first-order valence-electron chi connectivity index (χ1n) is 12.3. The van der Waals surface area contributed by atoms with Crippen LogP contribution in [0.1, 0.15) is 53.7 Å². The fraction of sp³-hybridized carbons (Fsp3) is 0.462. The number of fused-ring (bicyclic) bond motifs is 2. The number of benzene rings is 1. The first-order chi connectivity index (χ1) is 18.1. The van der Waals surface area contributed by atoms with E-state index >= 15 is 0 Å². The van der Waals surface area contributed by atoms with Crippen LogP contribution in [0.4, 0.5) is 23.7 Å². The average Bonchev–Trinajstić information content (AvgIpc) is 3.10. The minimum atomic E-state index is -2.91. The Labute approximate surface area is 222 Å². The molecule has 0 radical (unpaired) electrons. The normalized spacial score (nSPS) is 21.9. The molecule has 1 saturated carbocycles. The Hall–Kier alpha value is -3.34. The van der Waals surface area contributed by atoms with Crippen molar-refractivity contribution in [2.75, 3.05) is 31.6 Å². The molecule has 5 rings (SSSR count). The summed E-state index contributed by atoms with van der Waals surface area (Å²) in [5.41, 5.74) is -0.550. The largest absolute Gasteiger partial charge is 0.453 e. The first-order valence-corrected chi connectivity index (χ1v) is 12.7. The zero-order valence-electron chi connectivity index (χ0n) is 20.6. The van der Waals surface area contributed by atoms with Crippen molar-refractivity contribution in [1.82, 2.24) is 15.2 Å². The van der Waals surface area contributed by atoms with Crippen molar-refractivity contribution in [3.05, 3.63) is 58.1 Å². The number of nitrogens with zero attached hydrogens (tertiary/aromatic N) is 3. The molecule has 3 amide bonds. The van der Waals surface area contributed by atoms with Gasteiger partial charge in [-0.15, -0.1) is 0 Å². The second-order valence-electron chi connectivity index (χ2n) is 10.1. The van der Waals surface area contributed by atoms with E-state index in [9.17, 15) is 27.6 Å². The van der Waals surface area contributed by atoms with Gasteiger partial charge in [-0.3, -0.25) is 14.6 Å². The predicted octanol–water partition coefficient (Wildman–Crippen LogP) is 4.47. The van der Waals surface area contributed by atoms with Gasteiger partial charge in [0.1, 0.15) is 16.9 Å². The van der Waals surface area contributed by atoms with E-state index in [1.807, 2.05) is 0 Å². The first kappa shape index (κ1) is 26.3. The summed E-state index contributed by atoms with van der Waals surface area (Å²) in [4.78, 5) is 44.8. The molecule has 8 nitrogen and oxygen atoms in total. The van der Waals surface area contributed by atoms with Gasteiger partial charge in [0.05, 0.1) is 23.4 Å². The van der Waals surface area contributed by atoms with Crippen molar-refractivity contribution in [1.29, 1.82) is 0 Å². The van der Waals surface area contributed by atoms with E-state index in [1.54, 1.807) is 11.0 Å². The number of likely N-dealkylation sites (tertiary alicyclic amines) is 1. The van der Waals surface area contributed by atoms with Gasteiger partial charge in [-0.1, -0.05) is 17.7 Å². The molecule has 3 heterocycles. The van der Waals surface area contributed by atoms with Gasteiger partial charge in [-0.25, -0.2) is 18.0 Å². The van der Waals surface area contributed by atoms with Gasteiger partial charge in [-0.2, -0.15) is 0 Å². The van der Waals surface area contributed by atoms with E-state index in [0.717, 1.165) is 6.20 Å². The third-order valence-corrected chi connectivity index (χ3v) is 7.94. The highest BCUT2D eigenvalue weighted by Crippen LogP contribution is 2.48. The third kappa shape index (κ3) is 4.57. The van der Waals surface area contributed by atoms with Gasteiger partial charge in [0, 0.05) is 31.9 Å². The molecule has 38 heavy (non-hydrogen) atoms. The summed E-state index contributed by atoms with van der Waals surface area (Å²) < 4.78 is 45.5. The molecule has 2 aromatic rings. The van der Waals surface area contributed by atoms with Crippen molar-refractivity contribution in [3.63, 3.8) is 0 Å². The number of aromatic nitrogens is 1. The van der Waals surface area contributed by atoms with Crippen LogP contribution in [0.3, 0.4) is 0 Å². The molecular formula is C26H26ClF3N4O4. The highest BCUT2D eigenvalue weighted by atomic mass is 35.5. The van der Waals surface area contributed by atoms with Gasteiger partial charge in [0.25, 0.3) is 12.3 Å². The van der Waals surface area contributed by atoms with Gasteiger partial charge < -0.3 is 19.9 Å². The number of carbonyl (C=O) groups excluding carboxylic acids is 3. The van der Waals surface area contributed by atoms with Crippen molar-refractivity contribution >= 4 is 35.2 Å². The lowest BCUT2D eigenvalue weighted by Crippen LogP contribution is -2.65. The summed E-state index contributed by atoms with van der Waals surface area (Å²) in [5.74, 6) is -1.17. The molecule has 1 saturated heterocycles.